The molecule has 4 heteroatoms. The molecule has 0 aliphatic carbocycles. The van der Waals surface area contributed by atoms with Crippen LogP contribution in [0.3, 0.4) is 0 Å². The van der Waals surface area contributed by atoms with Crippen molar-refractivity contribution in [2.24, 2.45) is 5.73 Å². The molecule has 0 amide bonds. The molecule has 0 atom stereocenters. The lowest BCUT2D eigenvalue weighted by atomic mass is 10.1. The number of nitrogens with zero attached hydrogens (tertiary/aromatic N) is 2. The molecule has 0 saturated carbocycles. The summed E-state index contributed by atoms with van der Waals surface area (Å²) in [5.74, 6) is 0. The zero-order valence-corrected chi connectivity index (χ0v) is 11.1. The van der Waals surface area contributed by atoms with Gasteiger partial charge in [0.25, 0.3) is 0 Å². The van der Waals surface area contributed by atoms with Gasteiger partial charge in [-0.3, -0.25) is 0 Å². The van der Waals surface area contributed by atoms with E-state index in [4.69, 9.17) is 17.3 Å². The highest BCUT2D eigenvalue weighted by Gasteiger charge is 2.12. The molecule has 0 fully saturated rings. The van der Waals surface area contributed by atoms with Gasteiger partial charge in [-0.05, 0) is 30.7 Å². The molecule has 3 rings (SSSR count). The third-order valence-corrected chi connectivity index (χ3v) is 3.48. The van der Waals surface area contributed by atoms with E-state index in [0.717, 1.165) is 28.6 Å². The van der Waals surface area contributed by atoms with Gasteiger partial charge in [0.1, 0.15) is 0 Å². The predicted molar refractivity (Wildman–Crippen MR) is 78.8 cm³/mol. The second-order valence-electron chi connectivity index (χ2n) is 4.40. The first-order valence-corrected chi connectivity index (χ1v) is 6.59. The van der Waals surface area contributed by atoms with Crippen molar-refractivity contribution in [1.29, 1.82) is 0 Å². The fourth-order valence-electron chi connectivity index (χ4n) is 2.30. The molecule has 0 aliphatic rings. The average Bonchev–Trinajstić information content (AvgIpc) is 2.83. The molecule has 0 radical (unpaired) electrons. The van der Waals surface area contributed by atoms with Gasteiger partial charge in [0.15, 0.2) is 0 Å². The van der Waals surface area contributed by atoms with Gasteiger partial charge in [0.2, 0.25) is 0 Å². The van der Waals surface area contributed by atoms with E-state index in [1.807, 2.05) is 53.3 Å². The van der Waals surface area contributed by atoms with E-state index in [1.165, 1.54) is 0 Å². The van der Waals surface area contributed by atoms with E-state index < -0.39 is 0 Å². The molecule has 96 valence electrons. The second-order valence-corrected chi connectivity index (χ2v) is 4.81. The Morgan fingerprint density at radius 3 is 2.79 bits per heavy atom. The maximum Gasteiger partial charge on any atom is 0.0871 e. The van der Waals surface area contributed by atoms with Crippen LogP contribution in [0.2, 0.25) is 5.02 Å². The molecule has 2 aromatic carbocycles. The van der Waals surface area contributed by atoms with Crippen molar-refractivity contribution in [2.45, 2.75) is 6.42 Å². The summed E-state index contributed by atoms with van der Waals surface area (Å²) in [6.45, 7) is 0.590. The van der Waals surface area contributed by atoms with Crippen LogP contribution in [0, 0.1) is 0 Å². The van der Waals surface area contributed by atoms with E-state index in [1.54, 1.807) is 0 Å². The molecule has 0 spiro atoms. The van der Waals surface area contributed by atoms with Crippen LogP contribution in [0.15, 0.2) is 48.7 Å². The monoisotopic (exact) mass is 271 g/mol. The molecule has 0 aliphatic heterocycles. The van der Waals surface area contributed by atoms with Crippen molar-refractivity contribution in [3.05, 3.63) is 59.2 Å². The lowest BCUT2D eigenvalue weighted by Gasteiger charge is -2.12. The summed E-state index contributed by atoms with van der Waals surface area (Å²) >= 11 is 6.36. The van der Waals surface area contributed by atoms with Crippen LogP contribution < -0.4 is 5.73 Å². The molecular weight excluding hydrogens is 258 g/mol. The number of benzene rings is 2. The van der Waals surface area contributed by atoms with Crippen LogP contribution in [0.1, 0.15) is 5.56 Å². The smallest absolute Gasteiger partial charge is 0.0871 e. The number of rotatable bonds is 3. The molecule has 2 N–H and O–H groups in total. The van der Waals surface area contributed by atoms with Gasteiger partial charge in [-0.2, -0.15) is 5.10 Å². The lowest BCUT2D eigenvalue weighted by molar-refractivity contribution is 0.873. The van der Waals surface area contributed by atoms with Gasteiger partial charge in [-0.25, -0.2) is 4.68 Å². The molecule has 3 aromatic rings. The van der Waals surface area contributed by atoms with E-state index in [2.05, 4.69) is 5.10 Å². The molecular formula is C15H14ClN3. The molecule has 1 aromatic heterocycles. The summed E-state index contributed by atoms with van der Waals surface area (Å²) in [7, 11) is 0. The summed E-state index contributed by atoms with van der Waals surface area (Å²) in [5.41, 5.74) is 8.76. The molecule has 1 heterocycles. The predicted octanol–water partition coefficient (Wildman–Crippen LogP) is 3.18. The maximum atomic E-state index is 6.36. The van der Waals surface area contributed by atoms with Crippen LogP contribution in [0.25, 0.3) is 16.6 Å². The van der Waals surface area contributed by atoms with Gasteiger partial charge in [-0.1, -0.05) is 41.9 Å². The van der Waals surface area contributed by atoms with Crippen molar-refractivity contribution in [3.63, 3.8) is 0 Å². The third kappa shape index (κ3) is 2.11. The minimum atomic E-state index is 0.590. The largest absolute Gasteiger partial charge is 0.330 e. The van der Waals surface area contributed by atoms with Crippen LogP contribution in [0.4, 0.5) is 0 Å². The third-order valence-electron chi connectivity index (χ3n) is 3.17. The number of aromatic nitrogens is 2. The van der Waals surface area contributed by atoms with Crippen molar-refractivity contribution < 1.29 is 0 Å². The minimum absolute atomic E-state index is 0.590. The Morgan fingerprint density at radius 1 is 1.11 bits per heavy atom. The van der Waals surface area contributed by atoms with Crippen LogP contribution in [0.5, 0.6) is 0 Å². The molecule has 0 bridgehead atoms. The molecule has 3 nitrogen and oxygen atoms in total. The maximum absolute atomic E-state index is 6.36. The Balaban J connectivity index is 2.26. The molecule has 0 unspecified atom stereocenters. The first-order valence-electron chi connectivity index (χ1n) is 6.22. The Labute approximate surface area is 116 Å². The van der Waals surface area contributed by atoms with Crippen molar-refractivity contribution >= 4 is 22.5 Å². The van der Waals surface area contributed by atoms with Crippen molar-refractivity contribution in [2.75, 3.05) is 6.54 Å². The number of hydrogen-bond acceptors (Lipinski definition) is 2. The van der Waals surface area contributed by atoms with Crippen LogP contribution >= 0.6 is 11.6 Å². The first kappa shape index (κ1) is 12.2. The Hall–Kier alpha value is -1.84. The molecule has 19 heavy (non-hydrogen) atoms. The number of para-hydroxylation sites is 2. The highest BCUT2D eigenvalue weighted by Crippen LogP contribution is 2.27. The van der Waals surface area contributed by atoms with Gasteiger partial charge in [-0.15, -0.1) is 0 Å². The number of nitrogens with two attached hydrogens (primary N) is 1. The Morgan fingerprint density at radius 2 is 1.95 bits per heavy atom. The first-order chi connectivity index (χ1) is 9.31. The van der Waals surface area contributed by atoms with Crippen LogP contribution in [-0.4, -0.2) is 16.3 Å². The van der Waals surface area contributed by atoms with Gasteiger partial charge >= 0.3 is 0 Å². The van der Waals surface area contributed by atoms with Gasteiger partial charge in [0, 0.05) is 5.39 Å². The normalized spacial score (nSPS) is 11.1. The SMILES string of the molecule is NCCc1cccc(Cl)c1-n1ncc2ccccc21. The Kier molecular flexibility index (Phi) is 3.23. The second kappa shape index (κ2) is 5.03. The highest BCUT2D eigenvalue weighted by atomic mass is 35.5. The minimum Gasteiger partial charge on any atom is -0.330 e. The van der Waals surface area contributed by atoms with Crippen molar-refractivity contribution in [1.82, 2.24) is 9.78 Å². The zero-order valence-electron chi connectivity index (χ0n) is 10.4. The van der Waals surface area contributed by atoms with E-state index >= 15 is 0 Å². The van der Waals surface area contributed by atoms with E-state index in [9.17, 15) is 0 Å². The topological polar surface area (TPSA) is 43.8 Å². The molecule has 0 saturated heterocycles. The number of halogens is 1. The van der Waals surface area contributed by atoms with Gasteiger partial charge in [0.05, 0.1) is 22.4 Å². The highest BCUT2D eigenvalue weighted by molar-refractivity contribution is 6.32. The fourth-order valence-corrected chi connectivity index (χ4v) is 2.58. The summed E-state index contributed by atoms with van der Waals surface area (Å²) in [5, 5.41) is 6.25. The summed E-state index contributed by atoms with van der Waals surface area (Å²) in [4.78, 5) is 0. The van der Waals surface area contributed by atoms with Crippen LogP contribution in [-0.2, 0) is 6.42 Å². The average molecular weight is 272 g/mol. The summed E-state index contributed by atoms with van der Waals surface area (Å²) in [6.07, 6.45) is 2.63. The number of hydrogen-bond donors (Lipinski definition) is 1. The van der Waals surface area contributed by atoms with E-state index in [-0.39, 0.29) is 0 Å². The Bertz CT molecular complexity index is 718. The summed E-state index contributed by atoms with van der Waals surface area (Å²) in [6, 6.07) is 14.0. The van der Waals surface area contributed by atoms with Crippen molar-refractivity contribution in [3.8, 4) is 5.69 Å². The van der Waals surface area contributed by atoms with Gasteiger partial charge < -0.3 is 5.73 Å². The zero-order chi connectivity index (χ0) is 13.2. The standard InChI is InChI=1S/C15H14ClN3/c16-13-6-3-5-11(8-9-17)15(13)19-14-7-2-1-4-12(14)10-18-19/h1-7,10H,8-9,17H2. The quantitative estimate of drug-likeness (QED) is 0.795. The number of fused-ring (bicyclic) bond motifs is 1. The fraction of sp³-hybridized carbons (Fsp3) is 0.133. The van der Waals surface area contributed by atoms with E-state index in [0.29, 0.717) is 11.6 Å². The summed E-state index contributed by atoms with van der Waals surface area (Å²) < 4.78 is 1.89. The lowest BCUT2D eigenvalue weighted by Crippen LogP contribution is -2.08.